The van der Waals surface area contributed by atoms with Crippen LogP contribution in [-0.2, 0) is 0 Å². The number of halogens is 1. The second kappa shape index (κ2) is 7.05. The van der Waals surface area contributed by atoms with E-state index in [-0.39, 0.29) is 17.3 Å². The zero-order valence-corrected chi connectivity index (χ0v) is 10.4. The van der Waals surface area contributed by atoms with Crippen molar-refractivity contribution < 1.29 is 14.1 Å². The lowest BCUT2D eigenvalue weighted by molar-refractivity contribution is -0.419. The van der Waals surface area contributed by atoms with Crippen LogP contribution in [-0.4, -0.2) is 10.8 Å². The number of ether oxygens (including phenoxy) is 1. The molecule has 0 aromatic heterocycles. The summed E-state index contributed by atoms with van der Waals surface area (Å²) in [6.07, 6.45) is 2.54. The van der Waals surface area contributed by atoms with Gasteiger partial charge < -0.3 is 4.74 Å². The Morgan fingerprint density at radius 1 is 1.63 bits per heavy atom. The molecule has 1 aromatic rings. The molecule has 19 heavy (non-hydrogen) atoms. The van der Waals surface area contributed by atoms with E-state index >= 15 is 0 Å². The van der Waals surface area contributed by atoms with Crippen LogP contribution in [0.4, 0.5) is 4.39 Å². The lowest BCUT2D eigenvalue weighted by atomic mass is 10.3. The number of nitro groups is 1. The largest absolute Gasteiger partial charge is 0.443 e. The molecule has 0 heterocycles. The summed E-state index contributed by atoms with van der Waals surface area (Å²) >= 11 is 0. The van der Waals surface area contributed by atoms with Crippen LogP contribution in [0.2, 0.25) is 0 Å². The zero-order valence-electron chi connectivity index (χ0n) is 10.4. The molecule has 0 radical (unpaired) electrons. The first-order valence-electron chi connectivity index (χ1n) is 5.54. The average molecular weight is 264 g/mol. The first-order valence-corrected chi connectivity index (χ1v) is 5.54. The molecule has 0 saturated heterocycles. The van der Waals surface area contributed by atoms with Crippen molar-refractivity contribution in [2.24, 2.45) is 4.99 Å². The van der Waals surface area contributed by atoms with Crippen molar-refractivity contribution in [1.82, 2.24) is 0 Å². The number of hydrogen-bond acceptors (Lipinski definition) is 4. The third kappa shape index (κ3) is 4.71. The molecule has 5 nitrogen and oxygen atoms in total. The number of hydrogen-bond donors (Lipinski definition) is 0. The Morgan fingerprint density at radius 3 is 2.89 bits per heavy atom. The van der Waals surface area contributed by atoms with Gasteiger partial charge in [0.05, 0.1) is 4.92 Å². The van der Waals surface area contributed by atoms with Gasteiger partial charge >= 0.3 is 0 Å². The standard InChI is InChI=1S/C13H13FN2O3/c1-3-11(16(17)18)9-15-13(4-2)19-12-7-5-6-10(14)8-12/h3,5-9H,1,4H2,2H3/b11-9+,15-13?. The fourth-order valence-corrected chi connectivity index (χ4v) is 1.17. The molecule has 0 saturated carbocycles. The summed E-state index contributed by atoms with van der Waals surface area (Å²) in [4.78, 5) is 13.8. The van der Waals surface area contributed by atoms with Crippen LogP contribution in [0.3, 0.4) is 0 Å². The Morgan fingerprint density at radius 2 is 2.37 bits per heavy atom. The van der Waals surface area contributed by atoms with Crippen LogP contribution in [0.1, 0.15) is 13.3 Å². The van der Waals surface area contributed by atoms with Crippen molar-refractivity contribution >= 4 is 5.90 Å². The first-order chi connectivity index (χ1) is 9.06. The van der Waals surface area contributed by atoms with Crippen LogP contribution < -0.4 is 4.74 Å². The first kappa shape index (κ1) is 14.6. The maximum absolute atomic E-state index is 13.0. The predicted octanol–water partition coefficient (Wildman–Crippen LogP) is 3.32. The predicted molar refractivity (Wildman–Crippen MR) is 70.0 cm³/mol. The Hall–Kier alpha value is -2.50. The maximum atomic E-state index is 13.0. The van der Waals surface area contributed by atoms with Gasteiger partial charge in [0.2, 0.25) is 0 Å². The summed E-state index contributed by atoms with van der Waals surface area (Å²) < 4.78 is 18.3. The Kier molecular flexibility index (Phi) is 5.40. The topological polar surface area (TPSA) is 64.7 Å². The fourth-order valence-electron chi connectivity index (χ4n) is 1.17. The van der Waals surface area contributed by atoms with Gasteiger partial charge in [0, 0.05) is 18.6 Å². The minimum Gasteiger partial charge on any atom is -0.443 e. The number of nitrogens with zero attached hydrogens (tertiary/aromatic N) is 2. The van der Waals surface area contributed by atoms with E-state index in [1.165, 1.54) is 18.2 Å². The molecule has 0 bridgehead atoms. The van der Waals surface area contributed by atoms with Crippen LogP contribution in [0, 0.1) is 15.9 Å². The summed E-state index contributed by atoms with van der Waals surface area (Å²) in [5.41, 5.74) is -0.242. The van der Waals surface area contributed by atoms with E-state index in [0.29, 0.717) is 6.42 Å². The van der Waals surface area contributed by atoms with Gasteiger partial charge in [-0.3, -0.25) is 10.1 Å². The Labute approximate surface area is 109 Å². The van der Waals surface area contributed by atoms with E-state index in [1.807, 2.05) is 0 Å². The van der Waals surface area contributed by atoms with Crippen molar-refractivity contribution in [3.8, 4) is 5.75 Å². The quantitative estimate of drug-likeness (QED) is 0.269. The number of benzene rings is 1. The average Bonchev–Trinajstić information content (AvgIpc) is 2.37. The van der Waals surface area contributed by atoms with Crippen LogP contribution in [0.25, 0.3) is 0 Å². The maximum Gasteiger partial charge on any atom is 0.287 e. The molecule has 0 aliphatic rings. The van der Waals surface area contributed by atoms with Gasteiger partial charge in [0.25, 0.3) is 5.70 Å². The molecule has 0 N–H and O–H groups in total. The molecule has 0 unspecified atom stereocenters. The molecule has 6 heteroatoms. The van der Waals surface area contributed by atoms with Gasteiger partial charge in [-0.05, 0) is 12.1 Å². The highest BCUT2D eigenvalue weighted by atomic mass is 19.1. The summed E-state index contributed by atoms with van der Waals surface area (Å²) in [7, 11) is 0. The second-order valence-corrected chi connectivity index (χ2v) is 3.45. The van der Waals surface area contributed by atoms with Crippen molar-refractivity contribution in [2.75, 3.05) is 0 Å². The Balaban J connectivity index is 2.89. The highest BCUT2D eigenvalue weighted by Crippen LogP contribution is 2.13. The fraction of sp³-hybridized carbons (Fsp3) is 0.154. The number of allylic oxidation sites excluding steroid dienone is 1. The van der Waals surface area contributed by atoms with Crippen molar-refractivity contribution in [3.05, 3.63) is 64.7 Å². The van der Waals surface area contributed by atoms with E-state index in [2.05, 4.69) is 11.6 Å². The smallest absolute Gasteiger partial charge is 0.287 e. The Bertz CT molecular complexity index is 538. The lowest BCUT2D eigenvalue weighted by Gasteiger charge is -2.05. The van der Waals surface area contributed by atoms with Gasteiger partial charge in [-0.15, -0.1) is 0 Å². The highest BCUT2D eigenvalue weighted by molar-refractivity contribution is 5.78. The van der Waals surface area contributed by atoms with Crippen LogP contribution in [0.15, 0.2) is 53.8 Å². The van der Waals surface area contributed by atoms with Crippen LogP contribution in [0.5, 0.6) is 5.75 Å². The van der Waals surface area contributed by atoms with Gasteiger partial charge in [0.15, 0.2) is 5.90 Å². The molecule has 0 amide bonds. The normalized spacial score (nSPS) is 12.1. The van der Waals surface area contributed by atoms with Gasteiger partial charge in [-0.2, -0.15) is 0 Å². The number of rotatable bonds is 5. The summed E-state index contributed by atoms with van der Waals surface area (Å²) in [5, 5.41) is 10.5. The SMILES string of the molecule is C=C/C(=C\N=C(CC)Oc1cccc(F)c1)[N+](=O)[O-]. The third-order valence-electron chi connectivity index (χ3n) is 2.09. The van der Waals surface area contributed by atoms with Gasteiger partial charge in [-0.1, -0.05) is 19.6 Å². The van der Waals surface area contributed by atoms with Crippen molar-refractivity contribution in [2.45, 2.75) is 13.3 Å². The van der Waals surface area contributed by atoms with E-state index in [9.17, 15) is 14.5 Å². The van der Waals surface area contributed by atoms with Crippen molar-refractivity contribution in [1.29, 1.82) is 0 Å². The van der Waals surface area contributed by atoms with Crippen LogP contribution >= 0.6 is 0 Å². The second-order valence-electron chi connectivity index (χ2n) is 3.45. The minimum absolute atomic E-state index is 0.242. The summed E-state index contributed by atoms with van der Waals surface area (Å²) in [5.74, 6) is 0.0997. The van der Waals surface area contributed by atoms with Gasteiger partial charge in [-0.25, -0.2) is 9.38 Å². The van der Waals surface area contributed by atoms with E-state index in [0.717, 1.165) is 12.3 Å². The molecule has 0 atom stereocenters. The molecule has 100 valence electrons. The minimum atomic E-state index is -0.605. The third-order valence-corrected chi connectivity index (χ3v) is 2.09. The molecule has 0 aliphatic carbocycles. The molecule has 0 fully saturated rings. The molecule has 1 rings (SSSR count). The highest BCUT2D eigenvalue weighted by Gasteiger charge is 2.05. The molecular weight excluding hydrogens is 251 g/mol. The monoisotopic (exact) mass is 264 g/mol. The molecule has 0 aliphatic heterocycles. The lowest BCUT2D eigenvalue weighted by Crippen LogP contribution is -2.07. The van der Waals surface area contributed by atoms with Gasteiger partial charge in [0.1, 0.15) is 17.8 Å². The molecule has 1 aromatic carbocycles. The summed E-state index contributed by atoms with van der Waals surface area (Å²) in [6.45, 7) is 5.08. The van der Waals surface area contributed by atoms with E-state index in [1.54, 1.807) is 13.0 Å². The summed E-state index contributed by atoms with van der Waals surface area (Å²) in [6, 6.07) is 5.56. The number of aliphatic imine (C=N–C) groups is 1. The molecular formula is C13H13FN2O3. The van der Waals surface area contributed by atoms with E-state index < -0.39 is 10.7 Å². The van der Waals surface area contributed by atoms with E-state index in [4.69, 9.17) is 4.74 Å². The zero-order chi connectivity index (χ0) is 14.3. The molecule has 0 spiro atoms. The van der Waals surface area contributed by atoms with Crippen molar-refractivity contribution in [3.63, 3.8) is 0 Å².